The zero-order valence-corrected chi connectivity index (χ0v) is 14.6. The molecule has 1 aromatic heterocycles. The maximum atomic E-state index is 12.9. The van der Waals surface area contributed by atoms with Crippen molar-refractivity contribution >= 4 is 5.97 Å². The van der Waals surface area contributed by atoms with Gasteiger partial charge in [0.25, 0.3) is 0 Å². The van der Waals surface area contributed by atoms with Crippen LogP contribution in [0.3, 0.4) is 0 Å². The molecule has 0 unspecified atom stereocenters. The number of nitrogens with two attached hydrogens (primary N) is 1. The van der Waals surface area contributed by atoms with Gasteiger partial charge in [-0.05, 0) is 43.3 Å². The molecule has 0 bridgehead atoms. The number of quaternary nitrogens is 1. The molecule has 3 aromatic rings. The Balaban J connectivity index is 1.57. The average molecular weight is 354 g/mol. The van der Waals surface area contributed by atoms with Gasteiger partial charge in [0, 0.05) is 11.1 Å². The minimum Gasteiger partial charge on any atom is -0.462 e. The summed E-state index contributed by atoms with van der Waals surface area (Å²) in [6.45, 7) is 3.59. The maximum absolute atomic E-state index is 12.9. The number of furan rings is 1. The fourth-order valence-corrected chi connectivity index (χ4v) is 2.63. The van der Waals surface area contributed by atoms with Gasteiger partial charge in [0.15, 0.2) is 5.76 Å². The number of hydrogen-bond acceptors (Lipinski definition) is 3. The predicted molar refractivity (Wildman–Crippen MR) is 95.8 cm³/mol. The van der Waals surface area contributed by atoms with Crippen molar-refractivity contribution in [2.24, 2.45) is 0 Å². The number of halogens is 1. The topological polar surface area (TPSA) is 56.0 Å². The van der Waals surface area contributed by atoms with Crippen molar-refractivity contribution in [1.29, 1.82) is 0 Å². The molecular formula is C21H21FNO3+. The molecular weight excluding hydrogens is 333 g/mol. The van der Waals surface area contributed by atoms with Crippen LogP contribution in [0.15, 0.2) is 65.1 Å². The Morgan fingerprint density at radius 1 is 1.00 bits per heavy atom. The minimum atomic E-state index is -0.324. The Kier molecular flexibility index (Phi) is 5.81. The molecule has 0 aliphatic carbocycles. The highest BCUT2D eigenvalue weighted by Gasteiger charge is 2.09. The average Bonchev–Trinajstić information content (AvgIpc) is 3.13. The summed E-state index contributed by atoms with van der Waals surface area (Å²) in [7, 11) is 0. The van der Waals surface area contributed by atoms with E-state index < -0.39 is 0 Å². The third-order valence-electron chi connectivity index (χ3n) is 3.98. The first-order valence-electron chi connectivity index (χ1n) is 8.58. The highest BCUT2D eigenvalue weighted by molar-refractivity contribution is 5.89. The second-order valence-corrected chi connectivity index (χ2v) is 5.89. The molecule has 0 spiro atoms. The predicted octanol–water partition coefficient (Wildman–Crippen LogP) is 3.53. The van der Waals surface area contributed by atoms with Crippen LogP contribution < -0.4 is 5.32 Å². The molecule has 0 fully saturated rings. The minimum absolute atomic E-state index is 0.224. The number of benzene rings is 2. The molecule has 0 aliphatic rings. The summed E-state index contributed by atoms with van der Waals surface area (Å²) in [6.07, 6.45) is 0. The standard InChI is InChI=1S/C21H20FNO3/c1-2-25-21(24)17-7-5-16(6-8-17)20-12-11-19(26-20)14-23-13-15-3-9-18(22)10-4-15/h3-12,23H,2,13-14H2,1H3/p+1. The molecule has 2 aromatic carbocycles. The van der Waals surface area contributed by atoms with Gasteiger partial charge in [0.1, 0.15) is 24.7 Å². The first-order valence-corrected chi connectivity index (χ1v) is 8.58. The maximum Gasteiger partial charge on any atom is 0.338 e. The van der Waals surface area contributed by atoms with E-state index in [1.807, 2.05) is 24.3 Å². The Morgan fingerprint density at radius 2 is 1.73 bits per heavy atom. The molecule has 1 heterocycles. The quantitative estimate of drug-likeness (QED) is 0.661. The van der Waals surface area contributed by atoms with Crippen LogP contribution in [0.25, 0.3) is 11.3 Å². The van der Waals surface area contributed by atoms with E-state index >= 15 is 0 Å². The number of carbonyl (C=O) groups is 1. The van der Waals surface area contributed by atoms with Crippen LogP contribution in [0.2, 0.25) is 0 Å². The monoisotopic (exact) mass is 354 g/mol. The van der Waals surface area contributed by atoms with Crippen molar-refractivity contribution in [1.82, 2.24) is 0 Å². The Labute approximate surface area is 151 Å². The number of hydrogen-bond donors (Lipinski definition) is 1. The molecule has 0 atom stereocenters. The van der Waals surface area contributed by atoms with Crippen molar-refractivity contribution in [2.45, 2.75) is 20.0 Å². The van der Waals surface area contributed by atoms with Gasteiger partial charge < -0.3 is 14.5 Å². The summed E-state index contributed by atoms with van der Waals surface area (Å²) in [4.78, 5) is 11.7. The van der Waals surface area contributed by atoms with Gasteiger partial charge in [-0.25, -0.2) is 9.18 Å². The van der Waals surface area contributed by atoms with E-state index in [-0.39, 0.29) is 11.8 Å². The largest absolute Gasteiger partial charge is 0.462 e. The van der Waals surface area contributed by atoms with Gasteiger partial charge in [-0.15, -0.1) is 0 Å². The summed E-state index contributed by atoms with van der Waals surface area (Å²) >= 11 is 0. The van der Waals surface area contributed by atoms with Crippen LogP contribution in [-0.2, 0) is 17.8 Å². The van der Waals surface area contributed by atoms with Crippen LogP contribution >= 0.6 is 0 Å². The molecule has 2 N–H and O–H groups in total. The molecule has 134 valence electrons. The van der Waals surface area contributed by atoms with Crippen LogP contribution in [0, 0.1) is 5.82 Å². The van der Waals surface area contributed by atoms with Gasteiger partial charge in [-0.2, -0.15) is 0 Å². The van der Waals surface area contributed by atoms with E-state index in [9.17, 15) is 9.18 Å². The first kappa shape index (κ1) is 17.9. The number of carbonyl (C=O) groups excluding carboxylic acids is 1. The second-order valence-electron chi connectivity index (χ2n) is 5.89. The van der Waals surface area contributed by atoms with Gasteiger partial charge >= 0.3 is 5.97 Å². The van der Waals surface area contributed by atoms with Crippen molar-refractivity contribution in [3.63, 3.8) is 0 Å². The normalized spacial score (nSPS) is 10.7. The SMILES string of the molecule is CCOC(=O)c1ccc(-c2ccc(C[NH2+]Cc3ccc(F)cc3)o2)cc1. The van der Waals surface area contributed by atoms with Crippen molar-refractivity contribution in [3.05, 3.63) is 83.4 Å². The summed E-state index contributed by atoms with van der Waals surface area (Å²) < 4.78 is 23.7. The molecule has 0 saturated heterocycles. The van der Waals surface area contributed by atoms with E-state index in [1.54, 1.807) is 31.2 Å². The molecule has 0 aliphatic heterocycles. The van der Waals surface area contributed by atoms with E-state index in [2.05, 4.69) is 5.32 Å². The van der Waals surface area contributed by atoms with Crippen LogP contribution in [0.5, 0.6) is 0 Å². The number of rotatable bonds is 7. The molecule has 0 saturated carbocycles. The smallest absolute Gasteiger partial charge is 0.338 e. The van der Waals surface area contributed by atoms with Gasteiger partial charge in [0.05, 0.1) is 12.2 Å². The van der Waals surface area contributed by atoms with Crippen molar-refractivity contribution < 1.29 is 23.7 Å². The fourth-order valence-electron chi connectivity index (χ4n) is 2.63. The summed E-state index contributed by atoms with van der Waals surface area (Å²) in [6, 6.07) is 17.5. The van der Waals surface area contributed by atoms with E-state index in [0.717, 1.165) is 29.2 Å². The van der Waals surface area contributed by atoms with Gasteiger partial charge in [-0.1, -0.05) is 24.3 Å². The summed E-state index contributed by atoms with van der Waals surface area (Å²) in [5.74, 6) is 1.06. The van der Waals surface area contributed by atoms with Gasteiger partial charge in [0.2, 0.25) is 0 Å². The Morgan fingerprint density at radius 3 is 2.42 bits per heavy atom. The zero-order valence-electron chi connectivity index (χ0n) is 14.6. The highest BCUT2D eigenvalue weighted by Crippen LogP contribution is 2.22. The lowest BCUT2D eigenvalue weighted by Gasteiger charge is -2.03. The molecule has 3 rings (SSSR count). The first-order chi connectivity index (χ1) is 12.7. The summed E-state index contributed by atoms with van der Waals surface area (Å²) in [5.41, 5.74) is 2.49. The lowest BCUT2D eigenvalue weighted by atomic mass is 10.1. The molecule has 0 amide bonds. The number of esters is 1. The third kappa shape index (κ3) is 4.58. The lowest BCUT2D eigenvalue weighted by molar-refractivity contribution is -0.687. The van der Waals surface area contributed by atoms with Gasteiger partial charge in [-0.3, -0.25) is 0 Å². The lowest BCUT2D eigenvalue weighted by Crippen LogP contribution is -2.80. The Bertz CT molecular complexity index is 854. The van der Waals surface area contributed by atoms with Crippen molar-refractivity contribution in [2.75, 3.05) is 6.61 Å². The van der Waals surface area contributed by atoms with E-state index in [0.29, 0.717) is 18.7 Å². The second kappa shape index (κ2) is 8.45. The van der Waals surface area contributed by atoms with Crippen molar-refractivity contribution in [3.8, 4) is 11.3 Å². The molecule has 26 heavy (non-hydrogen) atoms. The van der Waals surface area contributed by atoms with Crippen LogP contribution in [0.4, 0.5) is 4.39 Å². The van der Waals surface area contributed by atoms with Crippen LogP contribution in [-0.4, -0.2) is 12.6 Å². The fraction of sp³-hybridized carbons (Fsp3) is 0.190. The Hall–Kier alpha value is -2.92. The molecule has 5 heteroatoms. The molecule has 0 radical (unpaired) electrons. The highest BCUT2D eigenvalue weighted by atomic mass is 19.1. The van der Waals surface area contributed by atoms with E-state index in [1.165, 1.54) is 12.1 Å². The van der Waals surface area contributed by atoms with E-state index in [4.69, 9.17) is 9.15 Å². The summed E-state index contributed by atoms with van der Waals surface area (Å²) in [5, 5.41) is 2.10. The number of ether oxygens (including phenoxy) is 1. The third-order valence-corrected chi connectivity index (χ3v) is 3.98. The molecule has 4 nitrogen and oxygen atoms in total. The zero-order chi connectivity index (χ0) is 18.4. The van der Waals surface area contributed by atoms with Crippen LogP contribution in [0.1, 0.15) is 28.6 Å².